The second kappa shape index (κ2) is 8.29. The quantitative estimate of drug-likeness (QED) is 0.648. The molecular formula is C25H29ClN4O. The first kappa shape index (κ1) is 20.5. The molecule has 0 atom stereocenters. The normalized spacial score (nSPS) is 19.0. The van der Waals surface area contributed by atoms with Crippen molar-refractivity contribution in [3.05, 3.63) is 63.7 Å². The molecule has 3 aromatic rings. The van der Waals surface area contributed by atoms with E-state index in [0.29, 0.717) is 10.4 Å². The van der Waals surface area contributed by atoms with E-state index >= 15 is 0 Å². The van der Waals surface area contributed by atoms with Gasteiger partial charge in [-0.1, -0.05) is 43.9 Å². The van der Waals surface area contributed by atoms with Crippen molar-refractivity contribution in [2.75, 3.05) is 31.1 Å². The average Bonchev–Trinajstić information content (AvgIpc) is 2.80. The van der Waals surface area contributed by atoms with Crippen LogP contribution in [0.5, 0.6) is 0 Å². The van der Waals surface area contributed by atoms with Crippen LogP contribution >= 0.6 is 11.6 Å². The van der Waals surface area contributed by atoms with Gasteiger partial charge >= 0.3 is 0 Å². The van der Waals surface area contributed by atoms with Crippen molar-refractivity contribution in [1.29, 1.82) is 0 Å². The van der Waals surface area contributed by atoms with Gasteiger partial charge in [0.15, 0.2) is 0 Å². The topological polar surface area (TPSA) is 50.2 Å². The Labute approximate surface area is 188 Å². The Morgan fingerprint density at radius 1 is 0.968 bits per heavy atom. The van der Waals surface area contributed by atoms with Gasteiger partial charge in [-0.3, -0.25) is 9.36 Å². The van der Waals surface area contributed by atoms with Crippen molar-refractivity contribution in [2.24, 2.45) is 0 Å². The number of rotatable bonds is 3. The number of aromatic nitrogens is 2. The Morgan fingerprint density at radius 3 is 2.35 bits per heavy atom. The van der Waals surface area contributed by atoms with Gasteiger partial charge in [0.05, 0.1) is 15.9 Å². The third kappa shape index (κ3) is 3.74. The summed E-state index contributed by atoms with van der Waals surface area (Å²) in [5, 5.41) is 4.36. The predicted molar refractivity (Wildman–Crippen MR) is 128 cm³/mol. The molecule has 2 aromatic carbocycles. The summed E-state index contributed by atoms with van der Waals surface area (Å²) in [5.74, 6) is 0.863. The Hall–Kier alpha value is -2.37. The van der Waals surface area contributed by atoms with E-state index in [1.165, 1.54) is 24.9 Å². The smallest absolute Gasteiger partial charge is 0.282 e. The largest absolute Gasteiger partial charge is 0.369 e. The molecule has 0 unspecified atom stereocenters. The summed E-state index contributed by atoms with van der Waals surface area (Å²) in [6.07, 6.45) is 5.68. The van der Waals surface area contributed by atoms with Gasteiger partial charge in [-0.05, 0) is 49.2 Å². The van der Waals surface area contributed by atoms with Gasteiger partial charge in [-0.15, -0.1) is 0 Å². The number of nitrogens with one attached hydrogen (secondary N) is 1. The molecule has 2 fully saturated rings. The van der Waals surface area contributed by atoms with E-state index in [1.54, 1.807) is 6.07 Å². The highest BCUT2D eigenvalue weighted by atomic mass is 35.5. The maximum absolute atomic E-state index is 13.0. The Kier molecular flexibility index (Phi) is 5.49. The summed E-state index contributed by atoms with van der Waals surface area (Å²) in [7, 11) is 0. The summed E-state index contributed by atoms with van der Waals surface area (Å²) in [6.45, 7) is 6.31. The SMILES string of the molecule is CC1(c2nc(=O)c3c(Cl)cccc3n2-c2ccc(N3CCNCC3)cc2)CCCCC1. The van der Waals surface area contributed by atoms with Gasteiger partial charge in [0.2, 0.25) is 0 Å². The molecule has 2 aliphatic rings. The standard InChI is InChI=1S/C25H29ClN4O/c1-25(12-3-2-4-13-25)24-28-23(31)22-20(26)6-5-7-21(22)30(24)19-10-8-18(9-11-19)29-16-14-27-15-17-29/h5-11,27H,2-4,12-17H2,1H3. The molecule has 1 aromatic heterocycles. The second-order valence-corrected chi connectivity index (χ2v) is 9.49. The molecule has 1 aliphatic heterocycles. The first-order chi connectivity index (χ1) is 15.1. The molecule has 0 bridgehead atoms. The van der Waals surface area contributed by atoms with Crippen LogP contribution < -0.4 is 15.8 Å². The Bertz CT molecular complexity index is 1140. The molecule has 31 heavy (non-hydrogen) atoms. The lowest BCUT2D eigenvalue weighted by Crippen LogP contribution is -2.43. The maximum Gasteiger partial charge on any atom is 0.282 e. The second-order valence-electron chi connectivity index (χ2n) is 9.08. The number of piperazine rings is 1. The van der Waals surface area contributed by atoms with E-state index < -0.39 is 0 Å². The van der Waals surface area contributed by atoms with Gasteiger partial charge in [0.25, 0.3) is 5.56 Å². The van der Waals surface area contributed by atoms with Crippen LogP contribution in [0, 0.1) is 0 Å². The molecule has 0 spiro atoms. The molecule has 2 heterocycles. The lowest BCUT2D eigenvalue weighted by molar-refractivity contribution is 0.299. The molecule has 0 radical (unpaired) electrons. The van der Waals surface area contributed by atoms with Crippen LogP contribution in [0.25, 0.3) is 16.6 Å². The Balaban J connectivity index is 1.69. The van der Waals surface area contributed by atoms with Crippen LogP contribution in [0.4, 0.5) is 5.69 Å². The minimum absolute atomic E-state index is 0.120. The van der Waals surface area contributed by atoms with Crippen LogP contribution in [-0.2, 0) is 5.41 Å². The van der Waals surface area contributed by atoms with Crippen molar-refractivity contribution in [2.45, 2.75) is 44.4 Å². The van der Waals surface area contributed by atoms with E-state index in [1.807, 2.05) is 12.1 Å². The zero-order valence-corrected chi connectivity index (χ0v) is 18.8. The number of hydrogen-bond acceptors (Lipinski definition) is 4. The number of benzene rings is 2. The molecule has 0 amide bonds. The molecule has 162 valence electrons. The third-order valence-corrected chi connectivity index (χ3v) is 7.27. The number of fused-ring (bicyclic) bond motifs is 1. The molecule has 6 heteroatoms. The summed E-state index contributed by atoms with van der Waals surface area (Å²) < 4.78 is 2.18. The third-order valence-electron chi connectivity index (χ3n) is 6.95. The summed E-state index contributed by atoms with van der Waals surface area (Å²) in [4.78, 5) is 20.1. The monoisotopic (exact) mass is 436 g/mol. The summed E-state index contributed by atoms with van der Waals surface area (Å²) in [5.41, 5.74) is 2.75. The highest BCUT2D eigenvalue weighted by Gasteiger charge is 2.34. The molecular weight excluding hydrogens is 408 g/mol. The van der Waals surface area contributed by atoms with Crippen molar-refractivity contribution < 1.29 is 0 Å². The fourth-order valence-electron chi connectivity index (χ4n) is 5.18. The number of nitrogens with zero attached hydrogens (tertiary/aromatic N) is 3. The van der Waals surface area contributed by atoms with Gasteiger partial charge in [0.1, 0.15) is 5.82 Å². The van der Waals surface area contributed by atoms with Crippen molar-refractivity contribution in [1.82, 2.24) is 14.9 Å². The highest BCUT2D eigenvalue weighted by molar-refractivity contribution is 6.35. The van der Waals surface area contributed by atoms with Crippen LogP contribution in [-0.4, -0.2) is 35.7 Å². The first-order valence-electron chi connectivity index (χ1n) is 11.3. The van der Waals surface area contributed by atoms with E-state index in [4.69, 9.17) is 11.6 Å². The van der Waals surface area contributed by atoms with Crippen molar-refractivity contribution in [3.8, 4) is 5.69 Å². The molecule has 1 aliphatic carbocycles. The van der Waals surface area contributed by atoms with Gasteiger partial charge < -0.3 is 10.2 Å². The fourth-order valence-corrected chi connectivity index (χ4v) is 5.43. The average molecular weight is 437 g/mol. The zero-order valence-electron chi connectivity index (χ0n) is 18.0. The summed E-state index contributed by atoms with van der Waals surface area (Å²) in [6, 6.07) is 14.4. The van der Waals surface area contributed by atoms with Crippen LogP contribution in [0.2, 0.25) is 5.02 Å². The van der Waals surface area contributed by atoms with E-state index in [2.05, 4.69) is 51.0 Å². The molecule has 5 nitrogen and oxygen atoms in total. The van der Waals surface area contributed by atoms with Crippen molar-refractivity contribution in [3.63, 3.8) is 0 Å². The molecule has 1 saturated heterocycles. The Morgan fingerprint density at radius 2 is 1.65 bits per heavy atom. The summed E-state index contributed by atoms with van der Waals surface area (Å²) >= 11 is 6.46. The number of halogens is 1. The minimum Gasteiger partial charge on any atom is -0.369 e. The van der Waals surface area contributed by atoms with E-state index in [0.717, 1.165) is 56.0 Å². The fraction of sp³-hybridized carbons (Fsp3) is 0.440. The van der Waals surface area contributed by atoms with Gasteiger partial charge in [-0.2, -0.15) is 4.98 Å². The van der Waals surface area contributed by atoms with E-state index in [9.17, 15) is 4.79 Å². The molecule has 1 N–H and O–H groups in total. The molecule has 1 saturated carbocycles. The van der Waals surface area contributed by atoms with Crippen LogP contribution in [0.1, 0.15) is 44.9 Å². The lowest BCUT2D eigenvalue weighted by Gasteiger charge is -2.35. The van der Waals surface area contributed by atoms with Crippen LogP contribution in [0.15, 0.2) is 47.3 Å². The maximum atomic E-state index is 13.0. The van der Waals surface area contributed by atoms with Gasteiger partial charge in [0, 0.05) is 43.0 Å². The zero-order chi connectivity index (χ0) is 21.4. The predicted octanol–water partition coefficient (Wildman–Crippen LogP) is 4.67. The molecule has 5 rings (SSSR count). The van der Waals surface area contributed by atoms with E-state index in [-0.39, 0.29) is 11.0 Å². The number of hydrogen-bond donors (Lipinski definition) is 1. The van der Waals surface area contributed by atoms with Crippen LogP contribution in [0.3, 0.4) is 0 Å². The highest BCUT2D eigenvalue weighted by Crippen LogP contribution is 2.40. The lowest BCUT2D eigenvalue weighted by atomic mass is 9.74. The van der Waals surface area contributed by atoms with Gasteiger partial charge in [-0.25, -0.2) is 0 Å². The van der Waals surface area contributed by atoms with Crippen molar-refractivity contribution >= 4 is 28.2 Å². The number of anilines is 1. The minimum atomic E-state index is -0.226. The first-order valence-corrected chi connectivity index (χ1v) is 11.7.